The Kier molecular flexibility index (Phi) is 3.77. The molecule has 7 heteroatoms. The van der Waals surface area contributed by atoms with Gasteiger partial charge in [0.05, 0.1) is 11.2 Å². The Morgan fingerprint density at radius 1 is 1.36 bits per heavy atom. The maximum atomic E-state index is 8.99. The van der Waals surface area contributed by atoms with Crippen LogP contribution in [0.5, 0.6) is 0 Å². The molecule has 0 radical (unpaired) electrons. The van der Waals surface area contributed by atoms with E-state index in [1.165, 1.54) is 12.3 Å². The molecule has 0 aliphatic rings. The summed E-state index contributed by atoms with van der Waals surface area (Å²) in [4.78, 5) is 0. The molecule has 0 spiro atoms. The molecule has 4 nitrogen and oxygen atoms in total. The van der Waals surface area contributed by atoms with Crippen LogP contribution < -0.4 is 11.3 Å². The second-order valence-electron chi connectivity index (χ2n) is 2.52. The second-order valence-corrected chi connectivity index (χ2v) is 3.30. The monoisotopic (exact) mass is 232 g/mol. The number of benzene rings is 1. The Bertz CT molecular complexity index is 371. The van der Waals surface area contributed by atoms with Crippen molar-refractivity contribution in [3.63, 3.8) is 0 Å². The van der Waals surface area contributed by atoms with Crippen molar-refractivity contribution in [3.05, 3.63) is 27.7 Å². The zero-order chi connectivity index (χ0) is 10.7. The van der Waals surface area contributed by atoms with Gasteiger partial charge in [-0.25, -0.2) is 0 Å². The van der Waals surface area contributed by atoms with Crippen LogP contribution in [0.3, 0.4) is 0 Å². The maximum absolute atomic E-state index is 8.99. The summed E-state index contributed by atoms with van der Waals surface area (Å²) in [6.07, 6.45) is 1.30. The van der Waals surface area contributed by atoms with E-state index in [2.05, 4.69) is 5.10 Å². The number of hydrazone groups is 1. The second kappa shape index (κ2) is 4.66. The van der Waals surface area contributed by atoms with Crippen molar-refractivity contribution in [3.8, 4) is 0 Å². The predicted octanol–water partition coefficient (Wildman–Crippen LogP) is -0.0342. The molecule has 74 valence electrons. The van der Waals surface area contributed by atoms with Gasteiger partial charge in [0.15, 0.2) is 0 Å². The van der Waals surface area contributed by atoms with Crippen LogP contribution in [-0.4, -0.2) is 23.4 Å². The average molecular weight is 233 g/mol. The first-order valence-electron chi connectivity index (χ1n) is 3.65. The smallest absolute Gasteiger partial charge is 0.423 e. The van der Waals surface area contributed by atoms with Crippen LogP contribution in [0.4, 0.5) is 0 Å². The van der Waals surface area contributed by atoms with Gasteiger partial charge in [-0.3, -0.25) is 0 Å². The molecule has 0 atom stereocenters. The molecule has 0 aromatic heterocycles. The highest BCUT2D eigenvalue weighted by molar-refractivity contribution is 6.66. The van der Waals surface area contributed by atoms with E-state index >= 15 is 0 Å². The van der Waals surface area contributed by atoms with Crippen LogP contribution in [-0.2, 0) is 0 Å². The van der Waals surface area contributed by atoms with Crippen LogP contribution in [0.1, 0.15) is 5.56 Å². The van der Waals surface area contributed by atoms with Crippen LogP contribution >= 0.6 is 23.2 Å². The Balaban J connectivity index is 3.33. The van der Waals surface area contributed by atoms with Gasteiger partial charge in [0.2, 0.25) is 0 Å². The van der Waals surface area contributed by atoms with Crippen LogP contribution in [0.25, 0.3) is 0 Å². The standard InChI is InChI=1S/C7H7BCl2N2O2/c9-5-2-1-4(3-12-11)7(10)6(5)8(13)14/h1-3,13-14H,11H2. The van der Waals surface area contributed by atoms with Crippen molar-refractivity contribution < 1.29 is 10.0 Å². The Labute approximate surface area is 91.1 Å². The van der Waals surface area contributed by atoms with Crippen molar-refractivity contribution in [1.29, 1.82) is 0 Å². The molecule has 4 N–H and O–H groups in total. The molecule has 14 heavy (non-hydrogen) atoms. The maximum Gasteiger partial charge on any atom is 0.491 e. The molecule has 0 bridgehead atoms. The summed E-state index contributed by atoms with van der Waals surface area (Å²) >= 11 is 11.6. The summed E-state index contributed by atoms with van der Waals surface area (Å²) in [6.45, 7) is 0. The van der Waals surface area contributed by atoms with E-state index in [4.69, 9.17) is 39.1 Å². The van der Waals surface area contributed by atoms with Gasteiger partial charge in [0.25, 0.3) is 0 Å². The highest BCUT2D eigenvalue weighted by atomic mass is 35.5. The minimum atomic E-state index is -1.72. The van der Waals surface area contributed by atoms with Crippen LogP contribution in [0.2, 0.25) is 10.0 Å². The van der Waals surface area contributed by atoms with Gasteiger partial charge < -0.3 is 15.9 Å². The van der Waals surface area contributed by atoms with Gasteiger partial charge in [-0.15, -0.1) is 0 Å². The molecule has 1 aromatic rings. The average Bonchev–Trinajstić information content (AvgIpc) is 2.10. The number of hydrogen-bond donors (Lipinski definition) is 3. The van der Waals surface area contributed by atoms with Crippen molar-refractivity contribution in [2.75, 3.05) is 0 Å². The van der Waals surface area contributed by atoms with Crippen molar-refractivity contribution >= 4 is 42.0 Å². The van der Waals surface area contributed by atoms with E-state index < -0.39 is 7.12 Å². The lowest BCUT2D eigenvalue weighted by Crippen LogP contribution is -2.32. The lowest BCUT2D eigenvalue weighted by atomic mass is 9.79. The van der Waals surface area contributed by atoms with Gasteiger partial charge in [-0.2, -0.15) is 5.10 Å². The SMILES string of the molecule is NN=Cc1ccc(Cl)c(B(O)O)c1Cl. The van der Waals surface area contributed by atoms with Crippen LogP contribution in [0, 0.1) is 0 Å². The van der Waals surface area contributed by atoms with Gasteiger partial charge in [-0.05, 0) is 6.07 Å². The molecule has 0 aliphatic carbocycles. The fourth-order valence-electron chi connectivity index (χ4n) is 1.00. The molecular formula is C7H7BCl2N2O2. The first kappa shape index (κ1) is 11.3. The minimum absolute atomic E-state index is 0.0470. The highest BCUT2D eigenvalue weighted by Gasteiger charge is 2.20. The van der Waals surface area contributed by atoms with Crippen LogP contribution in [0.15, 0.2) is 17.2 Å². The largest absolute Gasteiger partial charge is 0.491 e. The first-order chi connectivity index (χ1) is 6.57. The van der Waals surface area contributed by atoms with Crippen molar-refractivity contribution in [2.24, 2.45) is 10.9 Å². The van der Waals surface area contributed by atoms with E-state index in [9.17, 15) is 0 Å². The van der Waals surface area contributed by atoms with E-state index in [0.717, 1.165) is 0 Å². The summed E-state index contributed by atoms with van der Waals surface area (Å²) < 4.78 is 0. The third kappa shape index (κ3) is 2.19. The summed E-state index contributed by atoms with van der Waals surface area (Å²) in [5.41, 5.74) is 0.521. The van der Waals surface area contributed by atoms with Gasteiger partial charge >= 0.3 is 7.12 Å². The fourth-order valence-corrected chi connectivity index (χ4v) is 1.62. The van der Waals surface area contributed by atoms with Crippen molar-refractivity contribution in [1.82, 2.24) is 0 Å². The molecule has 0 saturated carbocycles. The molecule has 0 saturated heterocycles. The number of nitrogens with zero attached hydrogens (tertiary/aromatic N) is 1. The van der Waals surface area contributed by atoms with Gasteiger partial charge in [-0.1, -0.05) is 29.3 Å². The number of halogens is 2. The molecule has 0 heterocycles. The van der Waals surface area contributed by atoms with E-state index in [-0.39, 0.29) is 15.5 Å². The molecule has 0 fully saturated rings. The number of rotatable bonds is 2. The third-order valence-corrected chi connectivity index (χ3v) is 2.38. The Morgan fingerprint density at radius 3 is 2.50 bits per heavy atom. The molecule has 0 aliphatic heterocycles. The summed E-state index contributed by atoms with van der Waals surface area (Å²) in [5.74, 6) is 4.95. The lowest BCUT2D eigenvalue weighted by Gasteiger charge is -2.07. The van der Waals surface area contributed by atoms with E-state index in [1.54, 1.807) is 6.07 Å². The van der Waals surface area contributed by atoms with Gasteiger partial charge in [0.1, 0.15) is 0 Å². The third-order valence-electron chi connectivity index (χ3n) is 1.63. The Hall–Kier alpha value is -0.745. The fraction of sp³-hybridized carbons (Fsp3) is 0. The van der Waals surface area contributed by atoms with Gasteiger partial charge in [0, 0.05) is 16.0 Å². The quantitative estimate of drug-likeness (QED) is 0.290. The molecule has 1 rings (SSSR count). The molecule has 0 amide bonds. The topological polar surface area (TPSA) is 78.8 Å². The number of nitrogens with two attached hydrogens (primary N) is 1. The van der Waals surface area contributed by atoms with Crippen molar-refractivity contribution in [2.45, 2.75) is 0 Å². The zero-order valence-electron chi connectivity index (χ0n) is 6.98. The molecular weight excluding hydrogens is 226 g/mol. The summed E-state index contributed by atoms with van der Waals surface area (Å²) in [5, 5.41) is 21.6. The number of hydrogen-bond acceptors (Lipinski definition) is 4. The first-order valence-corrected chi connectivity index (χ1v) is 4.40. The summed E-state index contributed by atoms with van der Waals surface area (Å²) in [6, 6.07) is 3.06. The zero-order valence-corrected chi connectivity index (χ0v) is 8.50. The normalized spacial score (nSPS) is 10.9. The summed E-state index contributed by atoms with van der Waals surface area (Å²) in [7, 11) is -1.72. The lowest BCUT2D eigenvalue weighted by molar-refractivity contribution is 0.426. The van der Waals surface area contributed by atoms with E-state index in [0.29, 0.717) is 5.56 Å². The minimum Gasteiger partial charge on any atom is -0.423 e. The predicted molar refractivity (Wildman–Crippen MR) is 58.1 cm³/mol. The highest BCUT2D eigenvalue weighted by Crippen LogP contribution is 2.17. The Morgan fingerprint density at radius 2 is 2.00 bits per heavy atom. The van der Waals surface area contributed by atoms with E-state index in [1.807, 2.05) is 0 Å². The molecule has 1 aromatic carbocycles. The molecule has 0 unspecified atom stereocenters.